The Morgan fingerprint density at radius 2 is 2.00 bits per heavy atom. The summed E-state index contributed by atoms with van der Waals surface area (Å²) < 4.78 is 5.91. The highest BCUT2D eigenvalue weighted by molar-refractivity contribution is 5.32. The summed E-state index contributed by atoms with van der Waals surface area (Å²) in [4.78, 5) is 4.31. The molecule has 0 bridgehead atoms. The lowest BCUT2D eigenvalue weighted by Crippen LogP contribution is -2.09. The number of nitrogens with zero attached hydrogens (tertiary/aromatic N) is 1. The third-order valence-electron chi connectivity index (χ3n) is 3.16. The molecule has 2 rings (SSSR count). The van der Waals surface area contributed by atoms with Gasteiger partial charge in [0.25, 0.3) is 0 Å². The maximum Gasteiger partial charge on any atom is 0.127 e. The summed E-state index contributed by atoms with van der Waals surface area (Å²) in [5, 5.41) is 3.14. The third kappa shape index (κ3) is 4.35. The van der Waals surface area contributed by atoms with E-state index < -0.39 is 0 Å². The van der Waals surface area contributed by atoms with Gasteiger partial charge in [-0.15, -0.1) is 0 Å². The van der Waals surface area contributed by atoms with E-state index in [0.29, 0.717) is 0 Å². The molecule has 0 aliphatic heterocycles. The largest absolute Gasteiger partial charge is 0.493 e. The lowest BCUT2D eigenvalue weighted by molar-refractivity contribution is 0.306. The zero-order valence-corrected chi connectivity index (χ0v) is 12.2. The summed E-state index contributed by atoms with van der Waals surface area (Å²) >= 11 is 0. The average Bonchev–Trinajstić information content (AvgIpc) is 2.47. The van der Waals surface area contributed by atoms with Crippen LogP contribution in [0.1, 0.15) is 23.2 Å². The maximum absolute atomic E-state index is 5.91. The van der Waals surface area contributed by atoms with Crippen LogP contribution in [0.4, 0.5) is 0 Å². The first kappa shape index (κ1) is 14.5. The van der Waals surface area contributed by atoms with Crippen LogP contribution in [0.25, 0.3) is 0 Å². The minimum absolute atomic E-state index is 0.731. The molecule has 3 nitrogen and oxygen atoms in total. The minimum Gasteiger partial charge on any atom is -0.493 e. The second-order valence-corrected chi connectivity index (χ2v) is 4.90. The molecule has 1 N–H and O–H groups in total. The molecule has 0 unspecified atom stereocenters. The highest BCUT2D eigenvalue weighted by Crippen LogP contribution is 2.18. The molecule has 106 valence electrons. The molecule has 1 aromatic carbocycles. The van der Waals surface area contributed by atoms with Crippen molar-refractivity contribution in [2.75, 3.05) is 13.7 Å². The Kier molecular flexibility index (Phi) is 5.56. The van der Waals surface area contributed by atoms with Gasteiger partial charge in [0.2, 0.25) is 0 Å². The second-order valence-electron chi connectivity index (χ2n) is 4.90. The molecule has 3 heteroatoms. The Labute approximate surface area is 121 Å². The van der Waals surface area contributed by atoms with Crippen LogP contribution in [-0.2, 0) is 13.0 Å². The third-order valence-corrected chi connectivity index (χ3v) is 3.16. The minimum atomic E-state index is 0.731. The van der Waals surface area contributed by atoms with Crippen LogP contribution in [0, 0.1) is 6.92 Å². The molecule has 2 aromatic rings. The Morgan fingerprint density at radius 1 is 1.20 bits per heavy atom. The van der Waals surface area contributed by atoms with Gasteiger partial charge in [0, 0.05) is 30.1 Å². The van der Waals surface area contributed by atoms with E-state index in [9.17, 15) is 0 Å². The Balaban J connectivity index is 1.85. The predicted octanol–water partition coefficient (Wildman–Crippen LogP) is 3.12. The first-order chi connectivity index (χ1) is 9.79. The van der Waals surface area contributed by atoms with E-state index >= 15 is 0 Å². The Bertz CT molecular complexity index is 526. The summed E-state index contributed by atoms with van der Waals surface area (Å²) in [6.45, 7) is 3.50. The molecular formula is C17H22N2O. The molecule has 20 heavy (non-hydrogen) atoms. The highest BCUT2D eigenvalue weighted by Gasteiger charge is 2.04. The Hall–Kier alpha value is -1.87. The highest BCUT2D eigenvalue weighted by atomic mass is 16.5. The van der Waals surface area contributed by atoms with Crippen LogP contribution < -0.4 is 10.1 Å². The fourth-order valence-corrected chi connectivity index (χ4v) is 2.12. The number of ether oxygens (including phenoxy) is 1. The van der Waals surface area contributed by atoms with Crippen molar-refractivity contribution < 1.29 is 4.74 Å². The van der Waals surface area contributed by atoms with Crippen LogP contribution in [0.5, 0.6) is 5.75 Å². The monoisotopic (exact) mass is 270 g/mol. The van der Waals surface area contributed by atoms with Gasteiger partial charge in [0.15, 0.2) is 0 Å². The standard InChI is InChI=1S/C17H22N2O/c1-14-11-17(16(12-18-2)13-19-14)20-10-6-9-15-7-4-3-5-8-15/h3-5,7-8,11,13,18H,6,9-10,12H2,1-2H3. The first-order valence-electron chi connectivity index (χ1n) is 7.06. The van der Waals surface area contributed by atoms with Crippen molar-refractivity contribution in [3.8, 4) is 5.75 Å². The zero-order chi connectivity index (χ0) is 14.2. The van der Waals surface area contributed by atoms with Crippen molar-refractivity contribution in [3.63, 3.8) is 0 Å². The Morgan fingerprint density at radius 3 is 2.75 bits per heavy atom. The lowest BCUT2D eigenvalue weighted by atomic mass is 10.1. The number of nitrogens with one attached hydrogen (secondary N) is 1. The molecule has 1 aromatic heterocycles. The molecule has 0 saturated carbocycles. The van der Waals surface area contributed by atoms with Crippen LogP contribution in [0.15, 0.2) is 42.6 Å². The summed E-state index contributed by atoms with van der Waals surface area (Å²) in [5.41, 5.74) is 3.46. The maximum atomic E-state index is 5.91. The lowest BCUT2D eigenvalue weighted by Gasteiger charge is -2.11. The molecule has 0 atom stereocenters. The van der Waals surface area contributed by atoms with E-state index in [4.69, 9.17) is 4.74 Å². The number of pyridine rings is 1. The van der Waals surface area contributed by atoms with Gasteiger partial charge >= 0.3 is 0 Å². The van der Waals surface area contributed by atoms with E-state index in [1.165, 1.54) is 5.56 Å². The van der Waals surface area contributed by atoms with E-state index in [-0.39, 0.29) is 0 Å². The van der Waals surface area contributed by atoms with E-state index in [0.717, 1.165) is 43.0 Å². The molecule has 0 amide bonds. The van der Waals surface area contributed by atoms with Gasteiger partial charge in [-0.2, -0.15) is 0 Å². The van der Waals surface area contributed by atoms with Gasteiger partial charge in [-0.3, -0.25) is 4.98 Å². The molecule has 0 radical (unpaired) electrons. The van der Waals surface area contributed by atoms with Crippen LogP contribution in [-0.4, -0.2) is 18.6 Å². The molecule has 1 heterocycles. The van der Waals surface area contributed by atoms with Crippen molar-refractivity contribution in [2.24, 2.45) is 0 Å². The smallest absolute Gasteiger partial charge is 0.127 e. The number of aryl methyl sites for hydroxylation is 2. The predicted molar refractivity (Wildman–Crippen MR) is 82.0 cm³/mol. The van der Waals surface area contributed by atoms with Gasteiger partial charge in [-0.25, -0.2) is 0 Å². The number of rotatable bonds is 7. The van der Waals surface area contributed by atoms with Crippen molar-refractivity contribution in [1.82, 2.24) is 10.3 Å². The molecule has 0 aliphatic carbocycles. The van der Waals surface area contributed by atoms with Crippen molar-refractivity contribution in [2.45, 2.75) is 26.3 Å². The van der Waals surface area contributed by atoms with Gasteiger partial charge in [0.1, 0.15) is 5.75 Å². The van der Waals surface area contributed by atoms with E-state index in [2.05, 4.69) is 34.6 Å². The fourth-order valence-electron chi connectivity index (χ4n) is 2.12. The topological polar surface area (TPSA) is 34.2 Å². The summed E-state index contributed by atoms with van der Waals surface area (Å²) in [7, 11) is 1.93. The SMILES string of the molecule is CNCc1cnc(C)cc1OCCCc1ccccc1. The molecule has 0 spiro atoms. The van der Waals surface area contributed by atoms with Crippen LogP contribution in [0.3, 0.4) is 0 Å². The zero-order valence-electron chi connectivity index (χ0n) is 12.2. The van der Waals surface area contributed by atoms with Crippen molar-refractivity contribution >= 4 is 0 Å². The van der Waals surface area contributed by atoms with Crippen LogP contribution >= 0.6 is 0 Å². The number of benzene rings is 1. The molecule has 0 saturated heterocycles. The number of hydrogen-bond acceptors (Lipinski definition) is 3. The van der Waals surface area contributed by atoms with Crippen LogP contribution in [0.2, 0.25) is 0 Å². The number of aromatic nitrogens is 1. The van der Waals surface area contributed by atoms with E-state index in [1.807, 2.05) is 32.3 Å². The summed E-state index contributed by atoms with van der Waals surface area (Å²) in [6.07, 6.45) is 3.95. The van der Waals surface area contributed by atoms with Gasteiger partial charge in [-0.1, -0.05) is 30.3 Å². The van der Waals surface area contributed by atoms with Gasteiger partial charge in [0.05, 0.1) is 6.61 Å². The van der Waals surface area contributed by atoms with Crippen molar-refractivity contribution in [3.05, 3.63) is 59.4 Å². The first-order valence-corrected chi connectivity index (χ1v) is 7.06. The summed E-state index contributed by atoms with van der Waals surface area (Å²) in [5.74, 6) is 0.944. The average molecular weight is 270 g/mol. The van der Waals surface area contributed by atoms with E-state index in [1.54, 1.807) is 0 Å². The quantitative estimate of drug-likeness (QED) is 0.785. The second kappa shape index (κ2) is 7.65. The van der Waals surface area contributed by atoms with Crippen molar-refractivity contribution in [1.29, 1.82) is 0 Å². The molecular weight excluding hydrogens is 248 g/mol. The number of hydrogen-bond donors (Lipinski definition) is 1. The van der Waals surface area contributed by atoms with Gasteiger partial charge < -0.3 is 10.1 Å². The normalized spacial score (nSPS) is 10.5. The molecule has 0 fully saturated rings. The molecule has 0 aliphatic rings. The van der Waals surface area contributed by atoms with Gasteiger partial charge in [-0.05, 0) is 32.4 Å². The summed E-state index contributed by atoms with van der Waals surface area (Å²) in [6, 6.07) is 12.5. The fraction of sp³-hybridized carbons (Fsp3) is 0.353.